The van der Waals surface area contributed by atoms with Crippen molar-refractivity contribution >= 4 is 16.2 Å². The Labute approximate surface area is 103 Å². The van der Waals surface area contributed by atoms with Gasteiger partial charge in [-0.2, -0.15) is 8.42 Å². The van der Waals surface area contributed by atoms with Crippen molar-refractivity contribution < 1.29 is 17.9 Å². The minimum Gasteiger partial charge on any atom is -0.469 e. The molecule has 0 heterocycles. The first kappa shape index (κ1) is 16.3. The fraction of sp³-hybridized carbons (Fsp3) is 0.900. The predicted molar refractivity (Wildman–Crippen MR) is 65.7 cm³/mol. The van der Waals surface area contributed by atoms with Crippen LogP contribution in [0, 0.1) is 0 Å². The molecule has 0 aromatic rings. The number of carbonyl (C=O) groups is 1. The molecule has 0 atom stereocenters. The van der Waals surface area contributed by atoms with Gasteiger partial charge in [0.25, 0.3) is 10.2 Å². The van der Waals surface area contributed by atoms with Crippen LogP contribution < -0.4 is 9.44 Å². The van der Waals surface area contributed by atoms with E-state index in [1.54, 1.807) is 0 Å². The zero-order chi connectivity index (χ0) is 13.1. The second-order valence-electron chi connectivity index (χ2n) is 3.68. The summed E-state index contributed by atoms with van der Waals surface area (Å²) >= 11 is 0. The molecular weight excluding hydrogens is 244 g/mol. The summed E-state index contributed by atoms with van der Waals surface area (Å²) in [7, 11) is -1.99. The average molecular weight is 266 g/mol. The lowest BCUT2D eigenvalue weighted by Crippen LogP contribution is -2.37. The van der Waals surface area contributed by atoms with Crippen molar-refractivity contribution in [2.45, 2.75) is 39.0 Å². The highest BCUT2D eigenvalue weighted by atomic mass is 32.2. The Morgan fingerprint density at radius 3 is 2.35 bits per heavy atom. The molecule has 0 radical (unpaired) electrons. The van der Waals surface area contributed by atoms with Gasteiger partial charge in [-0.25, -0.2) is 9.44 Å². The van der Waals surface area contributed by atoms with Crippen molar-refractivity contribution in [3.8, 4) is 0 Å². The third kappa shape index (κ3) is 10.2. The van der Waals surface area contributed by atoms with Crippen molar-refractivity contribution in [3.63, 3.8) is 0 Å². The average Bonchev–Trinajstić information content (AvgIpc) is 2.30. The Morgan fingerprint density at radius 1 is 1.12 bits per heavy atom. The summed E-state index contributed by atoms with van der Waals surface area (Å²) in [6, 6.07) is 0. The molecule has 0 rings (SSSR count). The molecule has 0 aliphatic heterocycles. The van der Waals surface area contributed by atoms with E-state index in [1.807, 2.05) is 6.92 Å². The van der Waals surface area contributed by atoms with Gasteiger partial charge in [0, 0.05) is 19.5 Å². The van der Waals surface area contributed by atoms with E-state index in [-0.39, 0.29) is 5.97 Å². The number of hydrogen-bond acceptors (Lipinski definition) is 4. The first-order valence-electron chi connectivity index (χ1n) is 5.83. The Bertz CT molecular complexity index is 303. The first-order valence-corrected chi connectivity index (χ1v) is 7.31. The van der Waals surface area contributed by atoms with Crippen LogP contribution in [0.5, 0.6) is 0 Å². The summed E-state index contributed by atoms with van der Waals surface area (Å²) < 4.78 is 31.9. The molecule has 0 aliphatic carbocycles. The predicted octanol–water partition coefficient (Wildman–Crippen LogP) is 0.554. The van der Waals surface area contributed by atoms with E-state index < -0.39 is 10.2 Å². The van der Waals surface area contributed by atoms with Gasteiger partial charge in [0.15, 0.2) is 0 Å². The Morgan fingerprint density at radius 2 is 1.76 bits per heavy atom. The van der Waals surface area contributed by atoms with Gasteiger partial charge in [-0.05, 0) is 19.3 Å². The summed E-state index contributed by atoms with van der Waals surface area (Å²) in [6.07, 6.45) is 3.38. The topological polar surface area (TPSA) is 84.5 Å². The van der Waals surface area contributed by atoms with Crippen LogP contribution in [0.4, 0.5) is 0 Å². The van der Waals surface area contributed by atoms with Crippen molar-refractivity contribution in [3.05, 3.63) is 0 Å². The molecular formula is C10H22N2O4S. The number of rotatable bonds is 10. The molecule has 0 spiro atoms. The minimum atomic E-state index is -3.34. The molecule has 0 bridgehead atoms. The van der Waals surface area contributed by atoms with Gasteiger partial charge in [0.05, 0.1) is 7.11 Å². The zero-order valence-corrected chi connectivity index (χ0v) is 11.3. The number of unbranched alkanes of at least 4 members (excludes halogenated alkanes) is 2. The maximum absolute atomic E-state index is 11.3. The van der Waals surface area contributed by atoms with Crippen LogP contribution in [0.15, 0.2) is 0 Å². The van der Waals surface area contributed by atoms with Crippen molar-refractivity contribution in [1.29, 1.82) is 0 Å². The Hall–Kier alpha value is -0.660. The Kier molecular flexibility index (Phi) is 9.01. The van der Waals surface area contributed by atoms with E-state index in [1.165, 1.54) is 7.11 Å². The highest BCUT2D eigenvalue weighted by Crippen LogP contribution is 2.00. The Balaban J connectivity index is 3.48. The van der Waals surface area contributed by atoms with Crippen LogP contribution in [0.3, 0.4) is 0 Å². The van der Waals surface area contributed by atoms with Gasteiger partial charge in [-0.15, -0.1) is 0 Å². The maximum Gasteiger partial charge on any atom is 0.305 e. The fourth-order valence-electron chi connectivity index (χ4n) is 1.17. The largest absolute Gasteiger partial charge is 0.469 e. The maximum atomic E-state index is 11.3. The molecule has 0 aromatic heterocycles. The van der Waals surface area contributed by atoms with E-state index in [0.717, 1.165) is 19.3 Å². The summed E-state index contributed by atoms with van der Waals surface area (Å²) in [5, 5.41) is 0. The highest BCUT2D eigenvalue weighted by molar-refractivity contribution is 7.87. The van der Waals surface area contributed by atoms with Gasteiger partial charge in [-0.1, -0.05) is 13.3 Å². The quantitative estimate of drug-likeness (QED) is 0.447. The van der Waals surface area contributed by atoms with Crippen LogP contribution in [0.2, 0.25) is 0 Å². The third-order valence-electron chi connectivity index (χ3n) is 2.12. The lowest BCUT2D eigenvalue weighted by Gasteiger charge is -2.06. The van der Waals surface area contributed by atoms with Gasteiger partial charge in [0.2, 0.25) is 0 Å². The third-order valence-corrected chi connectivity index (χ3v) is 3.29. The zero-order valence-electron chi connectivity index (χ0n) is 10.5. The van der Waals surface area contributed by atoms with E-state index in [9.17, 15) is 13.2 Å². The van der Waals surface area contributed by atoms with Crippen LogP contribution in [-0.4, -0.2) is 34.6 Å². The number of ether oxygens (including phenoxy) is 1. The summed E-state index contributed by atoms with van der Waals surface area (Å²) in [6.45, 7) is 2.73. The van der Waals surface area contributed by atoms with Gasteiger partial charge < -0.3 is 4.74 Å². The van der Waals surface area contributed by atoms with Crippen LogP contribution in [0.25, 0.3) is 0 Å². The SMILES string of the molecule is CCCNS(=O)(=O)NCCCCCC(=O)OC. The summed E-state index contributed by atoms with van der Waals surface area (Å²) in [4.78, 5) is 10.8. The van der Waals surface area contributed by atoms with Gasteiger partial charge in [-0.3, -0.25) is 4.79 Å². The van der Waals surface area contributed by atoms with E-state index in [2.05, 4.69) is 14.2 Å². The monoisotopic (exact) mass is 266 g/mol. The van der Waals surface area contributed by atoms with Gasteiger partial charge in [0.1, 0.15) is 0 Å². The minimum absolute atomic E-state index is 0.227. The van der Waals surface area contributed by atoms with E-state index in [0.29, 0.717) is 25.9 Å². The molecule has 2 N–H and O–H groups in total. The van der Waals surface area contributed by atoms with Crippen LogP contribution in [-0.2, 0) is 19.7 Å². The molecule has 7 heteroatoms. The molecule has 0 saturated carbocycles. The van der Waals surface area contributed by atoms with E-state index in [4.69, 9.17) is 0 Å². The standard InChI is InChI=1S/C10H22N2O4S/c1-3-8-11-17(14,15)12-9-6-4-5-7-10(13)16-2/h11-12H,3-9H2,1-2H3. The molecule has 0 saturated heterocycles. The molecule has 0 amide bonds. The smallest absolute Gasteiger partial charge is 0.305 e. The number of esters is 1. The molecule has 17 heavy (non-hydrogen) atoms. The number of methoxy groups -OCH3 is 1. The second-order valence-corrected chi connectivity index (χ2v) is 5.26. The van der Waals surface area contributed by atoms with Crippen LogP contribution >= 0.6 is 0 Å². The molecule has 6 nitrogen and oxygen atoms in total. The number of carbonyl (C=O) groups excluding carboxylic acids is 1. The first-order chi connectivity index (χ1) is 8.02. The molecule has 102 valence electrons. The molecule has 0 unspecified atom stereocenters. The second kappa shape index (κ2) is 9.38. The normalized spacial score (nSPS) is 11.4. The molecule has 0 fully saturated rings. The van der Waals surface area contributed by atoms with Crippen molar-refractivity contribution in [2.75, 3.05) is 20.2 Å². The lowest BCUT2D eigenvalue weighted by molar-refractivity contribution is -0.140. The van der Waals surface area contributed by atoms with E-state index >= 15 is 0 Å². The number of nitrogens with one attached hydrogen (secondary N) is 2. The molecule has 0 aromatic carbocycles. The number of hydrogen-bond donors (Lipinski definition) is 2. The summed E-state index contributed by atoms with van der Waals surface area (Å²) in [5.74, 6) is -0.227. The lowest BCUT2D eigenvalue weighted by atomic mass is 10.2. The highest BCUT2D eigenvalue weighted by Gasteiger charge is 2.06. The van der Waals surface area contributed by atoms with Gasteiger partial charge >= 0.3 is 5.97 Å². The van der Waals surface area contributed by atoms with Crippen molar-refractivity contribution in [2.24, 2.45) is 0 Å². The fourth-order valence-corrected chi connectivity index (χ4v) is 2.16. The molecule has 0 aliphatic rings. The summed E-state index contributed by atoms with van der Waals surface area (Å²) in [5.41, 5.74) is 0. The van der Waals surface area contributed by atoms with Crippen LogP contribution in [0.1, 0.15) is 39.0 Å². The van der Waals surface area contributed by atoms with Crippen molar-refractivity contribution in [1.82, 2.24) is 9.44 Å².